The molecule has 5 heteroatoms. The number of fused-ring (bicyclic) bond motifs is 1. The summed E-state index contributed by atoms with van der Waals surface area (Å²) in [4.78, 5) is 6.81. The summed E-state index contributed by atoms with van der Waals surface area (Å²) in [5.74, 6) is 1.14. The summed E-state index contributed by atoms with van der Waals surface area (Å²) in [5, 5.41) is 4.31. The van der Waals surface area contributed by atoms with Gasteiger partial charge in [-0.2, -0.15) is 11.3 Å². The van der Waals surface area contributed by atoms with Crippen molar-refractivity contribution in [2.45, 2.75) is 19.1 Å². The molecule has 1 aliphatic heterocycles. The van der Waals surface area contributed by atoms with E-state index < -0.39 is 0 Å². The number of nitrogens with two attached hydrogens (primary N) is 1. The van der Waals surface area contributed by atoms with Crippen LogP contribution >= 0.6 is 11.3 Å². The molecule has 2 N–H and O–H groups in total. The first-order valence-corrected chi connectivity index (χ1v) is 6.79. The van der Waals surface area contributed by atoms with Crippen LogP contribution in [0.15, 0.2) is 29.2 Å². The fraction of sp³-hybridized carbons (Fsp3) is 0.417. The maximum atomic E-state index is 5.93. The Hall–Kier alpha value is -1.17. The maximum Gasteiger partial charge on any atom is 0.122 e. The van der Waals surface area contributed by atoms with Crippen molar-refractivity contribution in [1.29, 1.82) is 0 Å². The second-order valence-corrected chi connectivity index (χ2v) is 5.10. The number of hydrogen-bond donors (Lipinski definition) is 1. The largest absolute Gasteiger partial charge is 0.333 e. The molecule has 17 heavy (non-hydrogen) atoms. The summed E-state index contributed by atoms with van der Waals surface area (Å²) in [6.07, 6.45) is 3.93. The van der Waals surface area contributed by atoms with Crippen LogP contribution in [0.1, 0.15) is 17.4 Å². The standard InChI is InChI=1S/C12H16N4S/c13-7-11(10-1-6-17-9-10)16-5-4-15-3-2-14-12(15)8-16/h1-3,6,9,11H,4-5,7-8,13H2. The van der Waals surface area contributed by atoms with E-state index in [-0.39, 0.29) is 0 Å². The normalized spacial score (nSPS) is 17.9. The molecule has 0 saturated carbocycles. The van der Waals surface area contributed by atoms with E-state index in [9.17, 15) is 0 Å². The van der Waals surface area contributed by atoms with E-state index in [1.807, 2.05) is 6.20 Å². The molecule has 0 saturated heterocycles. The van der Waals surface area contributed by atoms with Gasteiger partial charge in [-0.15, -0.1) is 0 Å². The molecule has 0 amide bonds. The molecule has 4 nitrogen and oxygen atoms in total. The van der Waals surface area contributed by atoms with Crippen molar-refractivity contribution in [3.8, 4) is 0 Å². The average molecular weight is 248 g/mol. The third kappa shape index (κ3) is 2.01. The topological polar surface area (TPSA) is 47.1 Å². The molecule has 0 fully saturated rings. The molecular formula is C12H16N4S. The Morgan fingerprint density at radius 3 is 3.18 bits per heavy atom. The van der Waals surface area contributed by atoms with Crippen LogP contribution in [0, 0.1) is 0 Å². The van der Waals surface area contributed by atoms with E-state index in [0.717, 1.165) is 25.5 Å². The lowest BCUT2D eigenvalue weighted by Crippen LogP contribution is -2.39. The lowest BCUT2D eigenvalue weighted by Gasteiger charge is -2.33. The van der Waals surface area contributed by atoms with Crippen molar-refractivity contribution in [2.75, 3.05) is 13.1 Å². The smallest absolute Gasteiger partial charge is 0.122 e. The molecule has 2 aromatic heterocycles. The van der Waals surface area contributed by atoms with Crippen LogP contribution in [0.2, 0.25) is 0 Å². The fourth-order valence-corrected chi connectivity index (χ4v) is 3.13. The highest BCUT2D eigenvalue weighted by atomic mass is 32.1. The van der Waals surface area contributed by atoms with Crippen LogP contribution in [0.25, 0.3) is 0 Å². The Morgan fingerprint density at radius 2 is 2.41 bits per heavy atom. The zero-order valence-electron chi connectivity index (χ0n) is 9.62. The van der Waals surface area contributed by atoms with Crippen LogP contribution < -0.4 is 5.73 Å². The Morgan fingerprint density at radius 1 is 1.47 bits per heavy atom. The SMILES string of the molecule is NCC(c1ccsc1)N1CCn2ccnc2C1. The van der Waals surface area contributed by atoms with Crippen LogP contribution in [0.4, 0.5) is 0 Å². The van der Waals surface area contributed by atoms with E-state index >= 15 is 0 Å². The highest BCUT2D eigenvalue weighted by Gasteiger charge is 2.24. The van der Waals surface area contributed by atoms with Crippen molar-refractivity contribution < 1.29 is 0 Å². The highest BCUT2D eigenvalue weighted by molar-refractivity contribution is 7.07. The predicted octanol–water partition coefficient (Wildman–Crippen LogP) is 1.46. The molecule has 3 rings (SSSR count). The Kier molecular flexibility index (Phi) is 2.96. The summed E-state index contributed by atoms with van der Waals surface area (Å²) in [6, 6.07) is 2.50. The molecule has 0 radical (unpaired) electrons. The number of thiophene rings is 1. The van der Waals surface area contributed by atoms with Crippen LogP contribution in [0.5, 0.6) is 0 Å². The first-order valence-electron chi connectivity index (χ1n) is 5.84. The van der Waals surface area contributed by atoms with E-state index in [2.05, 4.69) is 37.5 Å². The van der Waals surface area contributed by atoms with Gasteiger partial charge in [0.05, 0.1) is 6.54 Å². The quantitative estimate of drug-likeness (QED) is 0.894. The van der Waals surface area contributed by atoms with E-state index in [0.29, 0.717) is 12.6 Å². The molecule has 3 heterocycles. The first-order chi connectivity index (χ1) is 8.38. The van der Waals surface area contributed by atoms with Gasteiger partial charge in [0.25, 0.3) is 0 Å². The minimum Gasteiger partial charge on any atom is -0.333 e. The minimum absolute atomic E-state index is 0.326. The number of hydrogen-bond acceptors (Lipinski definition) is 4. The van der Waals surface area contributed by atoms with Crippen molar-refractivity contribution >= 4 is 11.3 Å². The third-order valence-electron chi connectivity index (χ3n) is 3.37. The van der Waals surface area contributed by atoms with Crippen LogP contribution in [-0.2, 0) is 13.1 Å². The van der Waals surface area contributed by atoms with Gasteiger partial charge < -0.3 is 10.3 Å². The number of nitrogens with zero attached hydrogens (tertiary/aromatic N) is 3. The third-order valence-corrected chi connectivity index (χ3v) is 4.07. The summed E-state index contributed by atoms with van der Waals surface area (Å²) in [7, 11) is 0. The van der Waals surface area contributed by atoms with Gasteiger partial charge in [0.2, 0.25) is 0 Å². The fourth-order valence-electron chi connectivity index (χ4n) is 2.42. The Labute approximate surface area is 105 Å². The zero-order valence-corrected chi connectivity index (χ0v) is 10.4. The maximum absolute atomic E-state index is 5.93. The lowest BCUT2D eigenvalue weighted by atomic mass is 10.1. The van der Waals surface area contributed by atoms with Crippen molar-refractivity contribution in [1.82, 2.24) is 14.5 Å². The summed E-state index contributed by atoms with van der Waals surface area (Å²) in [5.41, 5.74) is 7.26. The van der Waals surface area contributed by atoms with E-state index in [1.165, 1.54) is 5.56 Å². The van der Waals surface area contributed by atoms with Gasteiger partial charge in [-0.25, -0.2) is 4.98 Å². The molecule has 1 unspecified atom stereocenters. The number of imidazole rings is 1. The average Bonchev–Trinajstić information content (AvgIpc) is 2.99. The molecule has 0 spiro atoms. The molecule has 0 aliphatic carbocycles. The number of aromatic nitrogens is 2. The van der Waals surface area contributed by atoms with Gasteiger partial charge in [-0.1, -0.05) is 0 Å². The summed E-state index contributed by atoms with van der Waals surface area (Å²) in [6.45, 7) is 3.61. The van der Waals surface area contributed by atoms with Gasteiger partial charge in [0, 0.05) is 38.1 Å². The van der Waals surface area contributed by atoms with Crippen molar-refractivity contribution in [3.05, 3.63) is 40.6 Å². The van der Waals surface area contributed by atoms with Gasteiger partial charge >= 0.3 is 0 Å². The monoisotopic (exact) mass is 248 g/mol. The second kappa shape index (κ2) is 4.60. The highest BCUT2D eigenvalue weighted by Crippen LogP contribution is 2.25. The van der Waals surface area contributed by atoms with Crippen LogP contribution in [-0.4, -0.2) is 27.5 Å². The van der Waals surface area contributed by atoms with Gasteiger partial charge in [0.1, 0.15) is 5.82 Å². The second-order valence-electron chi connectivity index (χ2n) is 4.32. The lowest BCUT2D eigenvalue weighted by molar-refractivity contribution is 0.156. The van der Waals surface area contributed by atoms with E-state index in [4.69, 9.17) is 5.73 Å². The van der Waals surface area contributed by atoms with Gasteiger partial charge in [0.15, 0.2) is 0 Å². The van der Waals surface area contributed by atoms with Gasteiger partial charge in [-0.05, 0) is 22.4 Å². The van der Waals surface area contributed by atoms with Crippen LogP contribution in [0.3, 0.4) is 0 Å². The molecule has 1 aliphatic rings. The Bertz CT molecular complexity index is 476. The Balaban J connectivity index is 1.81. The molecular weight excluding hydrogens is 232 g/mol. The molecule has 0 aromatic carbocycles. The number of rotatable bonds is 3. The van der Waals surface area contributed by atoms with Crippen molar-refractivity contribution in [2.24, 2.45) is 5.73 Å². The molecule has 1 atom stereocenters. The zero-order chi connectivity index (χ0) is 11.7. The van der Waals surface area contributed by atoms with E-state index in [1.54, 1.807) is 11.3 Å². The summed E-state index contributed by atoms with van der Waals surface area (Å²) < 4.78 is 2.22. The minimum atomic E-state index is 0.326. The summed E-state index contributed by atoms with van der Waals surface area (Å²) >= 11 is 1.73. The molecule has 2 aromatic rings. The predicted molar refractivity (Wildman–Crippen MR) is 68.8 cm³/mol. The molecule has 90 valence electrons. The molecule has 0 bridgehead atoms. The first kappa shape index (κ1) is 11.0. The van der Waals surface area contributed by atoms with Crippen molar-refractivity contribution in [3.63, 3.8) is 0 Å². The van der Waals surface area contributed by atoms with Gasteiger partial charge in [-0.3, -0.25) is 4.90 Å².